The van der Waals surface area contributed by atoms with E-state index in [2.05, 4.69) is 9.71 Å². The summed E-state index contributed by atoms with van der Waals surface area (Å²) in [6.07, 6.45) is 2.45. The molecule has 0 spiro atoms. The van der Waals surface area contributed by atoms with Crippen molar-refractivity contribution < 1.29 is 13.5 Å². The van der Waals surface area contributed by atoms with Crippen LogP contribution in [0.1, 0.15) is 23.7 Å². The van der Waals surface area contributed by atoms with Crippen LogP contribution in [0.2, 0.25) is 0 Å². The van der Waals surface area contributed by atoms with Gasteiger partial charge in [0, 0.05) is 6.20 Å². The van der Waals surface area contributed by atoms with Gasteiger partial charge in [0.05, 0.1) is 18.8 Å². The fraction of sp³-hybridized carbons (Fsp3) is 0.308. The summed E-state index contributed by atoms with van der Waals surface area (Å²) in [7, 11) is -3.56. The van der Waals surface area contributed by atoms with Crippen LogP contribution in [0.5, 0.6) is 0 Å². The smallest absolute Gasteiger partial charge is 0.250 e. The number of nitrogens with one attached hydrogen (secondary N) is 1. The second kappa shape index (κ2) is 6.45. The van der Waals surface area contributed by atoms with E-state index in [-0.39, 0.29) is 17.4 Å². The van der Waals surface area contributed by atoms with Gasteiger partial charge < -0.3 is 5.11 Å². The molecule has 7 heteroatoms. The first-order valence-electron chi connectivity index (χ1n) is 6.17. The molecule has 0 unspecified atom stereocenters. The maximum Gasteiger partial charge on any atom is 0.250 e. The van der Waals surface area contributed by atoms with E-state index in [1.54, 1.807) is 11.6 Å². The number of pyridine rings is 1. The number of nitrogens with zero attached hydrogens (tertiary/aromatic N) is 1. The summed E-state index contributed by atoms with van der Waals surface area (Å²) in [5.41, 5.74) is 2.36. The standard InChI is InChI=1S/C13H16N2O3S2/c1-2-11-4-3-5-14-12(11)7-15-20(17,18)13-6-10(8-16)9-19-13/h3-6,9,15-16H,2,7-8H2,1H3. The van der Waals surface area contributed by atoms with E-state index >= 15 is 0 Å². The summed E-state index contributed by atoms with van der Waals surface area (Å²) in [6, 6.07) is 5.25. The summed E-state index contributed by atoms with van der Waals surface area (Å²) < 4.78 is 27.0. The normalized spacial score (nSPS) is 11.7. The van der Waals surface area contributed by atoms with Crippen molar-refractivity contribution in [2.45, 2.75) is 30.7 Å². The molecule has 0 aromatic carbocycles. The van der Waals surface area contributed by atoms with Crippen LogP contribution in [0, 0.1) is 0 Å². The Kier molecular flexibility index (Phi) is 4.87. The van der Waals surface area contributed by atoms with Crippen molar-refractivity contribution in [2.24, 2.45) is 0 Å². The number of aryl methyl sites for hydroxylation is 1. The molecule has 5 nitrogen and oxygen atoms in total. The molecule has 0 saturated carbocycles. The van der Waals surface area contributed by atoms with Crippen molar-refractivity contribution in [1.29, 1.82) is 0 Å². The first-order valence-corrected chi connectivity index (χ1v) is 8.53. The number of sulfonamides is 1. The largest absolute Gasteiger partial charge is 0.392 e. The molecule has 0 fully saturated rings. The molecule has 0 radical (unpaired) electrons. The topological polar surface area (TPSA) is 79.3 Å². The number of rotatable bonds is 6. The molecular formula is C13H16N2O3S2. The van der Waals surface area contributed by atoms with Crippen LogP contribution in [-0.2, 0) is 29.6 Å². The highest BCUT2D eigenvalue weighted by molar-refractivity contribution is 7.91. The van der Waals surface area contributed by atoms with Gasteiger partial charge in [0.2, 0.25) is 10.0 Å². The number of hydrogen-bond acceptors (Lipinski definition) is 5. The second-order valence-electron chi connectivity index (χ2n) is 4.22. The van der Waals surface area contributed by atoms with Crippen molar-refractivity contribution in [3.63, 3.8) is 0 Å². The van der Waals surface area contributed by atoms with Gasteiger partial charge in [-0.2, -0.15) is 0 Å². The summed E-state index contributed by atoms with van der Waals surface area (Å²) in [5, 5.41) is 10.6. The highest BCUT2D eigenvalue weighted by Crippen LogP contribution is 2.20. The van der Waals surface area contributed by atoms with Gasteiger partial charge in [0.1, 0.15) is 4.21 Å². The third kappa shape index (κ3) is 3.43. The molecule has 0 bridgehead atoms. The lowest BCUT2D eigenvalue weighted by atomic mass is 10.1. The fourth-order valence-electron chi connectivity index (χ4n) is 1.76. The Balaban J connectivity index is 2.13. The molecule has 0 amide bonds. The molecule has 0 aliphatic heterocycles. The van der Waals surface area contributed by atoms with Crippen LogP contribution in [0.3, 0.4) is 0 Å². The van der Waals surface area contributed by atoms with Gasteiger partial charge in [-0.3, -0.25) is 4.98 Å². The minimum Gasteiger partial charge on any atom is -0.392 e. The Labute approximate surface area is 122 Å². The van der Waals surface area contributed by atoms with Crippen LogP contribution < -0.4 is 4.72 Å². The summed E-state index contributed by atoms with van der Waals surface area (Å²) >= 11 is 1.10. The summed E-state index contributed by atoms with van der Waals surface area (Å²) in [6.45, 7) is 2.01. The van der Waals surface area contributed by atoms with E-state index in [0.717, 1.165) is 29.0 Å². The molecule has 0 aliphatic rings. The SMILES string of the molecule is CCc1cccnc1CNS(=O)(=O)c1cc(CO)cs1. The zero-order chi connectivity index (χ0) is 14.6. The van der Waals surface area contributed by atoms with E-state index in [9.17, 15) is 8.42 Å². The van der Waals surface area contributed by atoms with Crippen molar-refractivity contribution in [3.8, 4) is 0 Å². The van der Waals surface area contributed by atoms with E-state index in [1.807, 2.05) is 19.1 Å². The lowest BCUT2D eigenvalue weighted by Crippen LogP contribution is -2.23. The number of aromatic nitrogens is 1. The zero-order valence-corrected chi connectivity index (χ0v) is 12.7. The van der Waals surface area contributed by atoms with Crippen molar-refractivity contribution in [3.05, 3.63) is 46.6 Å². The van der Waals surface area contributed by atoms with E-state index < -0.39 is 10.0 Å². The molecule has 2 rings (SSSR count). The van der Waals surface area contributed by atoms with Crippen LogP contribution in [0.25, 0.3) is 0 Å². The first kappa shape index (κ1) is 15.1. The fourth-order valence-corrected chi connectivity index (χ4v) is 4.00. The molecule has 20 heavy (non-hydrogen) atoms. The molecule has 0 aliphatic carbocycles. The average molecular weight is 312 g/mol. The van der Waals surface area contributed by atoms with Crippen LogP contribution in [0.15, 0.2) is 34.0 Å². The Morgan fingerprint density at radius 3 is 2.90 bits per heavy atom. The zero-order valence-electron chi connectivity index (χ0n) is 11.0. The minimum atomic E-state index is -3.56. The number of aliphatic hydroxyl groups excluding tert-OH is 1. The third-order valence-corrected chi connectivity index (χ3v) is 5.76. The van der Waals surface area contributed by atoms with Gasteiger partial charge >= 0.3 is 0 Å². The molecule has 2 heterocycles. The lowest BCUT2D eigenvalue weighted by molar-refractivity contribution is 0.282. The Hall–Kier alpha value is -1.28. The number of aliphatic hydroxyl groups is 1. The Morgan fingerprint density at radius 2 is 2.25 bits per heavy atom. The molecule has 2 N–H and O–H groups in total. The number of thiophene rings is 1. The highest BCUT2D eigenvalue weighted by Gasteiger charge is 2.17. The summed E-state index contributed by atoms with van der Waals surface area (Å²) in [4.78, 5) is 4.20. The molecule has 2 aromatic rings. The maximum atomic E-state index is 12.1. The molecule has 108 valence electrons. The van der Waals surface area contributed by atoms with Gasteiger partial charge in [0.25, 0.3) is 0 Å². The highest BCUT2D eigenvalue weighted by atomic mass is 32.2. The minimum absolute atomic E-state index is 0.160. The lowest BCUT2D eigenvalue weighted by Gasteiger charge is -2.07. The van der Waals surface area contributed by atoms with Gasteiger partial charge in [0.15, 0.2) is 0 Å². The molecular weight excluding hydrogens is 296 g/mol. The van der Waals surface area contributed by atoms with Crippen molar-refractivity contribution >= 4 is 21.4 Å². The molecule has 2 aromatic heterocycles. The van der Waals surface area contributed by atoms with Crippen molar-refractivity contribution in [1.82, 2.24) is 9.71 Å². The second-order valence-corrected chi connectivity index (χ2v) is 7.12. The van der Waals surface area contributed by atoms with Crippen LogP contribution in [0.4, 0.5) is 0 Å². The quantitative estimate of drug-likeness (QED) is 0.850. The number of hydrogen-bond donors (Lipinski definition) is 2. The summed E-state index contributed by atoms with van der Waals surface area (Å²) in [5.74, 6) is 0. The van der Waals surface area contributed by atoms with Gasteiger partial charge in [-0.05, 0) is 35.1 Å². The van der Waals surface area contributed by atoms with Gasteiger partial charge in [-0.25, -0.2) is 13.1 Å². The van der Waals surface area contributed by atoms with Gasteiger partial charge in [-0.1, -0.05) is 13.0 Å². The Bertz CT molecular complexity index is 680. The van der Waals surface area contributed by atoms with E-state index in [1.165, 1.54) is 6.07 Å². The van der Waals surface area contributed by atoms with Crippen molar-refractivity contribution in [2.75, 3.05) is 0 Å². The van der Waals surface area contributed by atoms with E-state index in [0.29, 0.717) is 5.56 Å². The monoisotopic (exact) mass is 312 g/mol. The van der Waals surface area contributed by atoms with Crippen LogP contribution in [-0.4, -0.2) is 18.5 Å². The average Bonchev–Trinajstić information content (AvgIpc) is 2.95. The third-order valence-electron chi connectivity index (χ3n) is 2.87. The molecule has 0 atom stereocenters. The Morgan fingerprint density at radius 1 is 1.45 bits per heavy atom. The molecule has 0 saturated heterocycles. The predicted molar refractivity (Wildman–Crippen MR) is 77.9 cm³/mol. The maximum absolute atomic E-state index is 12.1. The van der Waals surface area contributed by atoms with Crippen LogP contribution >= 0.6 is 11.3 Å². The first-order chi connectivity index (χ1) is 9.56. The predicted octanol–water partition coefficient (Wildman–Crippen LogP) is 1.68. The van der Waals surface area contributed by atoms with E-state index in [4.69, 9.17) is 5.11 Å². The van der Waals surface area contributed by atoms with Gasteiger partial charge in [-0.15, -0.1) is 11.3 Å².